The molecule has 5 nitrogen and oxygen atoms in total. The van der Waals surface area contributed by atoms with Crippen molar-refractivity contribution in [1.82, 2.24) is 9.88 Å². The summed E-state index contributed by atoms with van der Waals surface area (Å²) in [4.78, 5) is 18.5. The second-order valence-electron chi connectivity index (χ2n) is 6.91. The number of aromatic nitrogens is 1. The fraction of sp³-hybridized carbons (Fsp3) is 0.529. The van der Waals surface area contributed by atoms with E-state index in [0.29, 0.717) is 13.2 Å². The maximum absolute atomic E-state index is 12.5. The van der Waals surface area contributed by atoms with Gasteiger partial charge in [-0.25, -0.2) is 9.78 Å². The molecule has 2 aliphatic rings. The number of hydrogen-bond acceptors (Lipinski definition) is 4. The molecular formula is C17H21BrN2O3. The normalized spacial score (nSPS) is 24.2. The number of pyridine rings is 1. The van der Waals surface area contributed by atoms with Crippen molar-refractivity contribution in [3.8, 4) is 0 Å². The van der Waals surface area contributed by atoms with Crippen LogP contribution in [0.4, 0.5) is 4.79 Å². The van der Waals surface area contributed by atoms with Gasteiger partial charge in [0.2, 0.25) is 0 Å². The third-order valence-corrected chi connectivity index (χ3v) is 4.33. The van der Waals surface area contributed by atoms with Gasteiger partial charge in [-0.05, 0) is 66.4 Å². The molecule has 124 valence electrons. The van der Waals surface area contributed by atoms with E-state index in [1.807, 2.05) is 37.8 Å². The fourth-order valence-corrected chi connectivity index (χ4v) is 3.38. The molecule has 2 atom stereocenters. The Hall–Kier alpha value is -1.40. The van der Waals surface area contributed by atoms with Crippen molar-refractivity contribution in [2.75, 3.05) is 13.2 Å². The van der Waals surface area contributed by atoms with Gasteiger partial charge in [0.05, 0.1) is 25.3 Å². The van der Waals surface area contributed by atoms with Crippen molar-refractivity contribution in [3.63, 3.8) is 0 Å². The molecule has 1 amide bonds. The van der Waals surface area contributed by atoms with Gasteiger partial charge in [0.1, 0.15) is 10.2 Å². The summed E-state index contributed by atoms with van der Waals surface area (Å²) in [6, 6.07) is 3.93. The Bertz CT molecular complexity index is 639. The lowest BCUT2D eigenvalue weighted by Crippen LogP contribution is -2.57. The number of amides is 1. The van der Waals surface area contributed by atoms with Crippen molar-refractivity contribution in [2.24, 2.45) is 0 Å². The molecule has 3 rings (SSSR count). The van der Waals surface area contributed by atoms with Crippen LogP contribution in [0.3, 0.4) is 0 Å². The predicted molar refractivity (Wildman–Crippen MR) is 91.0 cm³/mol. The van der Waals surface area contributed by atoms with Crippen molar-refractivity contribution in [1.29, 1.82) is 0 Å². The van der Waals surface area contributed by atoms with Gasteiger partial charge in [0.25, 0.3) is 0 Å². The van der Waals surface area contributed by atoms with E-state index in [0.717, 1.165) is 16.6 Å². The highest BCUT2D eigenvalue weighted by Gasteiger charge is 2.40. The minimum atomic E-state index is -0.494. The summed E-state index contributed by atoms with van der Waals surface area (Å²) < 4.78 is 12.0. The number of fused-ring (bicyclic) bond motifs is 2. The van der Waals surface area contributed by atoms with Crippen LogP contribution in [0.2, 0.25) is 0 Å². The molecule has 1 aromatic heterocycles. The highest BCUT2D eigenvalue weighted by atomic mass is 79.9. The van der Waals surface area contributed by atoms with Gasteiger partial charge >= 0.3 is 6.09 Å². The standard InChI is InChI=1S/C17H21BrN2O3/c1-17(2,3)23-16(21)20-13-6-12(7-14(20)10-22-9-13)11-4-5-19-15(18)8-11/h4-6,8,13-14H,7,9-10H2,1-3H3. The van der Waals surface area contributed by atoms with Gasteiger partial charge in [-0.15, -0.1) is 0 Å². The van der Waals surface area contributed by atoms with E-state index in [2.05, 4.69) is 27.0 Å². The third kappa shape index (κ3) is 3.75. The molecule has 2 aliphatic heterocycles. The van der Waals surface area contributed by atoms with Crippen LogP contribution >= 0.6 is 15.9 Å². The van der Waals surface area contributed by atoms with E-state index in [9.17, 15) is 4.79 Å². The zero-order valence-corrected chi connectivity index (χ0v) is 15.2. The topological polar surface area (TPSA) is 51.7 Å². The number of halogens is 1. The van der Waals surface area contributed by atoms with Crippen LogP contribution in [0.5, 0.6) is 0 Å². The van der Waals surface area contributed by atoms with Gasteiger partial charge in [0, 0.05) is 6.20 Å². The Morgan fingerprint density at radius 3 is 2.87 bits per heavy atom. The number of ether oxygens (including phenoxy) is 2. The van der Waals surface area contributed by atoms with E-state index in [1.165, 1.54) is 5.57 Å². The summed E-state index contributed by atoms with van der Waals surface area (Å²) in [5.74, 6) is 0. The molecule has 0 spiro atoms. The third-order valence-electron chi connectivity index (χ3n) is 3.90. The molecule has 2 bridgehead atoms. The van der Waals surface area contributed by atoms with Gasteiger partial charge in [-0.1, -0.05) is 6.08 Å². The smallest absolute Gasteiger partial charge is 0.411 e. The zero-order chi connectivity index (χ0) is 16.6. The Morgan fingerprint density at radius 2 is 2.22 bits per heavy atom. The monoisotopic (exact) mass is 380 g/mol. The van der Waals surface area contributed by atoms with Crippen molar-refractivity contribution < 1.29 is 14.3 Å². The van der Waals surface area contributed by atoms with E-state index < -0.39 is 5.60 Å². The lowest BCUT2D eigenvalue weighted by Gasteiger charge is -2.44. The molecule has 1 fully saturated rings. The first-order valence-corrected chi connectivity index (χ1v) is 8.54. The summed E-state index contributed by atoms with van der Waals surface area (Å²) in [5.41, 5.74) is 1.87. The van der Waals surface area contributed by atoms with E-state index in [-0.39, 0.29) is 18.2 Å². The largest absolute Gasteiger partial charge is 0.444 e. The molecule has 2 unspecified atom stereocenters. The maximum Gasteiger partial charge on any atom is 0.411 e. The zero-order valence-electron chi connectivity index (χ0n) is 13.6. The van der Waals surface area contributed by atoms with Crippen LogP contribution in [-0.2, 0) is 9.47 Å². The summed E-state index contributed by atoms with van der Waals surface area (Å²) in [5, 5.41) is 0. The van der Waals surface area contributed by atoms with Gasteiger partial charge in [-0.3, -0.25) is 4.90 Å². The Labute approximate surface area is 144 Å². The molecule has 1 aromatic rings. The maximum atomic E-state index is 12.5. The lowest BCUT2D eigenvalue weighted by atomic mass is 9.90. The second kappa shape index (κ2) is 6.24. The number of carbonyl (C=O) groups excluding carboxylic acids is 1. The van der Waals surface area contributed by atoms with Gasteiger partial charge < -0.3 is 9.47 Å². The molecule has 0 saturated carbocycles. The molecule has 0 radical (unpaired) electrons. The number of hydrogen-bond donors (Lipinski definition) is 0. The molecule has 0 aromatic carbocycles. The SMILES string of the molecule is CC(C)(C)OC(=O)N1C2C=C(c3ccnc(Br)c3)CC1COC2. The molecule has 0 aliphatic carbocycles. The van der Waals surface area contributed by atoms with Crippen LogP contribution in [-0.4, -0.2) is 46.9 Å². The van der Waals surface area contributed by atoms with Crippen LogP contribution in [0.25, 0.3) is 5.57 Å². The highest BCUT2D eigenvalue weighted by Crippen LogP contribution is 2.33. The lowest BCUT2D eigenvalue weighted by molar-refractivity contribution is -0.0510. The average molecular weight is 381 g/mol. The predicted octanol–water partition coefficient (Wildman–Crippen LogP) is 3.64. The minimum absolute atomic E-state index is 0.00976. The molecule has 1 saturated heterocycles. The quantitative estimate of drug-likeness (QED) is 0.697. The summed E-state index contributed by atoms with van der Waals surface area (Å²) in [6.45, 7) is 6.70. The Kier molecular flexibility index (Phi) is 4.47. The first-order valence-electron chi connectivity index (χ1n) is 7.75. The van der Waals surface area contributed by atoms with Crippen molar-refractivity contribution in [2.45, 2.75) is 44.9 Å². The van der Waals surface area contributed by atoms with Crippen LogP contribution < -0.4 is 0 Å². The van der Waals surface area contributed by atoms with Gasteiger partial charge in [0.15, 0.2) is 0 Å². The van der Waals surface area contributed by atoms with Crippen molar-refractivity contribution in [3.05, 3.63) is 34.6 Å². The van der Waals surface area contributed by atoms with E-state index in [4.69, 9.17) is 9.47 Å². The van der Waals surface area contributed by atoms with Gasteiger partial charge in [-0.2, -0.15) is 0 Å². The number of morpholine rings is 1. The molecule has 6 heteroatoms. The van der Waals surface area contributed by atoms with Crippen molar-refractivity contribution >= 4 is 27.6 Å². The van der Waals surface area contributed by atoms with Crippen LogP contribution in [0.1, 0.15) is 32.8 Å². The Morgan fingerprint density at radius 1 is 1.43 bits per heavy atom. The molecule has 3 heterocycles. The summed E-state index contributed by atoms with van der Waals surface area (Å²) in [6.07, 6.45) is 4.39. The van der Waals surface area contributed by atoms with Crippen LogP contribution in [0.15, 0.2) is 29.0 Å². The highest BCUT2D eigenvalue weighted by molar-refractivity contribution is 9.10. The molecule has 0 N–H and O–H groups in total. The summed E-state index contributed by atoms with van der Waals surface area (Å²) >= 11 is 3.41. The first-order chi connectivity index (χ1) is 10.8. The average Bonchev–Trinajstić information content (AvgIpc) is 2.44. The molecular weight excluding hydrogens is 360 g/mol. The fourth-order valence-electron chi connectivity index (χ4n) is 3.01. The summed E-state index contributed by atoms with van der Waals surface area (Å²) in [7, 11) is 0. The van der Waals surface area contributed by atoms with E-state index >= 15 is 0 Å². The van der Waals surface area contributed by atoms with Crippen LogP contribution in [0, 0.1) is 0 Å². The number of carbonyl (C=O) groups is 1. The Balaban J connectivity index is 1.86. The minimum Gasteiger partial charge on any atom is -0.444 e. The number of rotatable bonds is 1. The number of nitrogens with zero attached hydrogens (tertiary/aromatic N) is 2. The van der Waals surface area contributed by atoms with E-state index in [1.54, 1.807) is 6.20 Å². The first kappa shape index (κ1) is 16.5. The molecule has 23 heavy (non-hydrogen) atoms. The second-order valence-corrected chi connectivity index (χ2v) is 7.72.